The summed E-state index contributed by atoms with van der Waals surface area (Å²) in [5.41, 5.74) is 6.84. The molecule has 78 valence electrons. The lowest BCUT2D eigenvalue weighted by molar-refractivity contribution is 0.802. The molecule has 2 N–H and O–H groups in total. The minimum Gasteiger partial charge on any atom is -0.357 e. The third kappa shape index (κ3) is 2.45. The van der Waals surface area contributed by atoms with E-state index in [1.54, 1.807) is 0 Å². The van der Waals surface area contributed by atoms with Gasteiger partial charge >= 0.3 is 0 Å². The summed E-state index contributed by atoms with van der Waals surface area (Å²) < 4.78 is 0. The summed E-state index contributed by atoms with van der Waals surface area (Å²) in [6.45, 7) is 8.20. The van der Waals surface area contributed by atoms with Gasteiger partial charge < -0.3 is 10.6 Å². The van der Waals surface area contributed by atoms with Crippen LogP contribution in [0.25, 0.3) is 0 Å². The summed E-state index contributed by atoms with van der Waals surface area (Å²) in [5.74, 6) is 1.03. The fourth-order valence-corrected chi connectivity index (χ4v) is 1.40. The molecular weight excluding hydrogens is 174 g/mol. The Morgan fingerprint density at radius 3 is 2.36 bits per heavy atom. The number of nitrogens with zero attached hydrogens (tertiary/aromatic N) is 2. The molecule has 0 aliphatic rings. The van der Waals surface area contributed by atoms with E-state index in [2.05, 4.69) is 23.7 Å². The lowest BCUT2D eigenvalue weighted by Gasteiger charge is -2.19. The van der Waals surface area contributed by atoms with E-state index in [0.717, 1.165) is 24.5 Å². The first-order valence-electron chi connectivity index (χ1n) is 5.15. The van der Waals surface area contributed by atoms with Gasteiger partial charge in [0.2, 0.25) is 0 Å². The number of hydrogen-bond donors (Lipinski definition) is 1. The van der Waals surface area contributed by atoms with Crippen LogP contribution in [0.4, 0.5) is 5.82 Å². The molecule has 1 aromatic rings. The van der Waals surface area contributed by atoms with Crippen LogP contribution in [0.2, 0.25) is 0 Å². The van der Waals surface area contributed by atoms with Gasteiger partial charge in [0.15, 0.2) is 0 Å². The van der Waals surface area contributed by atoms with E-state index in [-0.39, 0.29) is 6.04 Å². The molecular formula is C11H19N3. The van der Waals surface area contributed by atoms with Crippen molar-refractivity contribution in [2.24, 2.45) is 5.73 Å². The molecule has 0 saturated heterocycles. The molecule has 1 atom stereocenters. The molecule has 0 aromatic carbocycles. The maximum absolute atomic E-state index is 5.75. The molecule has 0 aliphatic heterocycles. The molecule has 0 radical (unpaired) electrons. The maximum atomic E-state index is 5.75. The van der Waals surface area contributed by atoms with Crippen LogP contribution in [0.15, 0.2) is 18.3 Å². The van der Waals surface area contributed by atoms with Crippen LogP contribution in [0.1, 0.15) is 32.4 Å². The zero-order chi connectivity index (χ0) is 10.6. The van der Waals surface area contributed by atoms with Crippen molar-refractivity contribution in [1.29, 1.82) is 0 Å². The van der Waals surface area contributed by atoms with Crippen LogP contribution in [-0.4, -0.2) is 18.1 Å². The van der Waals surface area contributed by atoms with Gasteiger partial charge in [-0.25, -0.2) is 4.98 Å². The van der Waals surface area contributed by atoms with Crippen LogP contribution in [-0.2, 0) is 0 Å². The molecule has 14 heavy (non-hydrogen) atoms. The Bertz CT molecular complexity index is 262. The Kier molecular flexibility index (Phi) is 3.89. The largest absolute Gasteiger partial charge is 0.357 e. The van der Waals surface area contributed by atoms with E-state index < -0.39 is 0 Å². The Morgan fingerprint density at radius 1 is 1.36 bits per heavy atom. The first-order valence-corrected chi connectivity index (χ1v) is 5.15. The second-order valence-corrected chi connectivity index (χ2v) is 3.41. The Balaban J connectivity index is 2.81. The van der Waals surface area contributed by atoms with Crippen molar-refractivity contribution in [2.45, 2.75) is 26.8 Å². The first-order chi connectivity index (χ1) is 6.69. The van der Waals surface area contributed by atoms with Crippen LogP contribution >= 0.6 is 0 Å². The highest BCUT2D eigenvalue weighted by Crippen LogP contribution is 2.13. The van der Waals surface area contributed by atoms with E-state index >= 15 is 0 Å². The molecule has 1 rings (SSSR count). The van der Waals surface area contributed by atoms with Crippen molar-refractivity contribution in [3.8, 4) is 0 Å². The lowest BCUT2D eigenvalue weighted by Crippen LogP contribution is -2.23. The van der Waals surface area contributed by atoms with Gasteiger partial charge in [-0.1, -0.05) is 6.07 Å². The normalized spacial score (nSPS) is 12.6. The summed E-state index contributed by atoms with van der Waals surface area (Å²) >= 11 is 0. The predicted octanol–water partition coefficient (Wildman–Crippen LogP) is 1.95. The summed E-state index contributed by atoms with van der Waals surface area (Å²) in [6.07, 6.45) is 1.86. The summed E-state index contributed by atoms with van der Waals surface area (Å²) in [7, 11) is 0. The number of aromatic nitrogens is 1. The molecule has 3 nitrogen and oxygen atoms in total. The van der Waals surface area contributed by atoms with Crippen molar-refractivity contribution >= 4 is 5.82 Å². The van der Waals surface area contributed by atoms with E-state index in [0.29, 0.717) is 0 Å². The smallest absolute Gasteiger partial charge is 0.128 e. The van der Waals surface area contributed by atoms with Crippen molar-refractivity contribution < 1.29 is 0 Å². The van der Waals surface area contributed by atoms with Gasteiger partial charge in [0.05, 0.1) is 0 Å². The third-order valence-corrected chi connectivity index (χ3v) is 2.38. The standard InChI is InChI=1S/C11H19N3/c1-4-14(5-2)11-7-6-10(8-13-11)9(3)12/h6-9H,4-5,12H2,1-3H3. The molecule has 0 saturated carbocycles. The van der Waals surface area contributed by atoms with Gasteiger partial charge in [-0.05, 0) is 32.4 Å². The van der Waals surface area contributed by atoms with Crippen LogP contribution in [0.5, 0.6) is 0 Å². The highest BCUT2D eigenvalue weighted by molar-refractivity contribution is 5.39. The highest BCUT2D eigenvalue weighted by Gasteiger charge is 2.04. The fraction of sp³-hybridized carbons (Fsp3) is 0.545. The quantitative estimate of drug-likeness (QED) is 0.794. The Labute approximate surface area is 85.9 Å². The van der Waals surface area contributed by atoms with Gasteiger partial charge in [0.1, 0.15) is 5.82 Å². The fourth-order valence-electron chi connectivity index (χ4n) is 1.40. The molecule has 0 amide bonds. The number of rotatable bonds is 4. The van der Waals surface area contributed by atoms with Crippen LogP contribution in [0, 0.1) is 0 Å². The van der Waals surface area contributed by atoms with E-state index in [1.165, 1.54) is 0 Å². The van der Waals surface area contributed by atoms with Crippen LogP contribution < -0.4 is 10.6 Å². The SMILES string of the molecule is CCN(CC)c1ccc(C(C)N)cn1. The minimum atomic E-state index is 0.0632. The van der Waals surface area contributed by atoms with Gasteiger partial charge in [-0.3, -0.25) is 0 Å². The van der Waals surface area contributed by atoms with Gasteiger partial charge in [0.25, 0.3) is 0 Å². The molecule has 0 aliphatic carbocycles. The summed E-state index contributed by atoms with van der Waals surface area (Å²) in [6, 6.07) is 4.14. The first kappa shape index (κ1) is 11.0. The Morgan fingerprint density at radius 2 is 2.00 bits per heavy atom. The highest BCUT2D eigenvalue weighted by atomic mass is 15.2. The summed E-state index contributed by atoms with van der Waals surface area (Å²) in [4.78, 5) is 6.60. The topological polar surface area (TPSA) is 42.1 Å². The zero-order valence-electron chi connectivity index (χ0n) is 9.20. The number of anilines is 1. The van der Waals surface area contributed by atoms with Crippen molar-refractivity contribution in [1.82, 2.24) is 4.98 Å². The second-order valence-electron chi connectivity index (χ2n) is 3.41. The number of hydrogen-bond acceptors (Lipinski definition) is 3. The van der Waals surface area contributed by atoms with E-state index in [1.807, 2.05) is 25.3 Å². The Hall–Kier alpha value is -1.09. The molecule has 1 aromatic heterocycles. The van der Waals surface area contributed by atoms with Crippen molar-refractivity contribution in [3.63, 3.8) is 0 Å². The molecule has 3 heteroatoms. The maximum Gasteiger partial charge on any atom is 0.128 e. The van der Waals surface area contributed by atoms with E-state index in [4.69, 9.17) is 5.73 Å². The molecule has 0 bridgehead atoms. The van der Waals surface area contributed by atoms with Gasteiger partial charge in [0, 0.05) is 25.3 Å². The second kappa shape index (κ2) is 4.96. The van der Waals surface area contributed by atoms with Crippen molar-refractivity contribution in [3.05, 3.63) is 23.9 Å². The lowest BCUT2D eigenvalue weighted by atomic mass is 10.1. The zero-order valence-corrected chi connectivity index (χ0v) is 9.20. The van der Waals surface area contributed by atoms with Crippen LogP contribution in [0.3, 0.4) is 0 Å². The minimum absolute atomic E-state index is 0.0632. The van der Waals surface area contributed by atoms with Gasteiger partial charge in [-0.2, -0.15) is 0 Å². The molecule has 1 unspecified atom stereocenters. The van der Waals surface area contributed by atoms with E-state index in [9.17, 15) is 0 Å². The monoisotopic (exact) mass is 193 g/mol. The molecule has 0 spiro atoms. The number of pyridine rings is 1. The average Bonchev–Trinajstić information content (AvgIpc) is 2.20. The molecule has 0 fully saturated rings. The number of nitrogens with two attached hydrogens (primary N) is 1. The molecule has 1 heterocycles. The third-order valence-electron chi connectivity index (χ3n) is 2.38. The van der Waals surface area contributed by atoms with Crippen molar-refractivity contribution in [2.75, 3.05) is 18.0 Å². The predicted molar refractivity (Wildman–Crippen MR) is 60.4 cm³/mol. The average molecular weight is 193 g/mol. The summed E-state index contributed by atoms with van der Waals surface area (Å²) in [5, 5.41) is 0. The van der Waals surface area contributed by atoms with Gasteiger partial charge in [-0.15, -0.1) is 0 Å².